The van der Waals surface area contributed by atoms with E-state index in [2.05, 4.69) is 60.0 Å². The second-order valence-electron chi connectivity index (χ2n) is 14.0. The number of fused-ring (bicyclic) bond motifs is 5. The standard InChI is InChI=1S/C31H54N2O/c1-21(2)9-8-10-23(5)27-13-14-28-26-12-11-24-19-25(33(20-34)32-22(3)4)15-17-30(24,6)29(26)16-18-31(27,28)7/h11,20-23,25-29,32H,8-10,12-19H2,1-7H3/t23-,25?,26?,27-,28?,29?,30+,31-/m1/s1. The average Bonchev–Trinajstić information content (AvgIpc) is 3.14. The molecule has 1 amide bonds. The summed E-state index contributed by atoms with van der Waals surface area (Å²) in [6.07, 6.45) is 18.4. The van der Waals surface area contributed by atoms with Crippen molar-refractivity contribution in [2.24, 2.45) is 46.3 Å². The molecule has 0 spiro atoms. The van der Waals surface area contributed by atoms with Gasteiger partial charge in [0.1, 0.15) is 0 Å². The number of hydrogen-bond donors (Lipinski definition) is 1. The SMILES string of the molecule is CC(C)CCC[C@@H](C)[C@H]1CCC2C3CC=C4CC(N(C=O)NC(C)C)CC[C@]4(C)C3CC[C@@]21C. The molecule has 0 saturated heterocycles. The van der Waals surface area contributed by atoms with Gasteiger partial charge in [0.15, 0.2) is 0 Å². The van der Waals surface area contributed by atoms with E-state index in [0.717, 1.165) is 54.8 Å². The molecule has 0 aromatic carbocycles. The summed E-state index contributed by atoms with van der Waals surface area (Å²) in [7, 11) is 0. The highest BCUT2D eigenvalue weighted by Crippen LogP contribution is 2.67. The van der Waals surface area contributed by atoms with E-state index in [1.54, 1.807) is 5.57 Å². The van der Waals surface area contributed by atoms with Gasteiger partial charge in [-0.1, -0.05) is 65.5 Å². The Labute approximate surface area is 210 Å². The first kappa shape index (κ1) is 26.2. The number of rotatable bonds is 9. The van der Waals surface area contributed by atoms with Crippen molar-refractivity contribution in [3.63, 3.8) is 0 Å². The molecule has 3 saturated carbocycles. The van der Waals surface area contributed by atoms with Crippen LogP contribution in [0, 0.1) is 46.3 Å². The number of carbonyl (C=O) groups is 1. The average molecular weight is 471 g/mol. The van der Waals surface area contributed by atoms with Crippen molar-refractivity contribution in [1.29, 1.82) is 0 Å². The summed E-state index contributed by atoms with van der Waals surface area (Å²) in [6.45, 7) is 16.8. The van der Waals surface area contributed by atoms with Gasteiger partial charge in [-0.15, -0.1) is 0 Å². The molecule has 0 radical (unpaired) electrons. The summed E-state index contributed by atoms with van der Waals surface area (Å²) in [5, 5.41) is 1.87. The topological polar surface area (TPSA) is 32.3 Å². The summed E-state index contributed by atoms with van der Waals surface area (Å²) in [5.74, 6) is 5.31. The Morgan fingerprint density at radius 1 is 1.03 bits per heavy atom. The van der Waals surface area contributed by atoms with Gasteiger partial charge in [0.25, 0.3) is 0 Å². The van der Waals surface area contributed by atoms with Crippen LogP contribution >= 0.6 is 0 Å². The Hall–Kier alpha value is -0.830. The minimum absolute atomic E-state index is 0.294. The molecular weight excluding hydrogens is 416 g/mol. The second-order valence-corrected chi connectivity index (χ2v) is 14.0. The van der Waals surface area contributed by atoms with E-state index >= 15 is 0 Å². The maximum atomic E-state index is 11.8. The maximum Gasteiger partial charge on any atom is 0.224 e. The van der Waals surface area contributed by atoms with E-state index in [1.807, 2.05) is 5.01 Å². The highest BCUT2D eigenvalue weighted by molar-refractivity contribution is 5.47. The zero-order valence-electron chi connectivity index (χ0n) is 23.4. The van der Waals surface area contributed by atoms with E-state index in [0.29, 0.717) is 22.9 Å². The number of nitrogens with zero attached hydrogens (tertiary/aromatic N) is 1. The first-order chi connectivity index (χ1) is 16.1. The molecule has 0 heterocycles. The monoisotopic (exact) mass is 470 g/mol. The number of hydrazine groups is 1. The van der Waals surface area contributed by atoms with E-state index in [4.69, 9.17) is 0 Å². The van der Waals surface area contributed by atoms with Crippen LogP contribution in [0.25, 0.3) is 0 Å². The van der Waals surface area contributed by atoms with Crippen LogP contribution in [0.1, 0.15) is 119 Å². The van der Waals surface area contributed by atoms with Crippen molar-refractivity contribution in [2.75, 3.05) is 0 Å². The number of hydrogen-bond acceptors (Lipinski definition) is 2. The Bertz CT molecular complexity index is 744. The van der Waals surface area contributed by atoms with Gasteiger partial charge in [0.05, 0.1) is 6.04 Å². The summed E-state index contributed by atoms with van der Waals surface area (Å²) < 4.78 is 0. The molecule has 8 atom stereocenters. The van der Waals surface area contributed by atoms with Crippen LogP contribution in [-0.4, -0.2) is 23.5 Å². The molecule has 4 rings (SSSR count). The van der Waals surface area contributed by atoms with Crippen LogP contribution in [0.3, 0.4) is 0 Å². The fourth-order valence-corrected chi connectivity index (χ4v) is 9.42. The Balaban J connectivity index is 1.46. The molecule has 4 aliphatic carbocycles. The molecule has 3 heteroatoms. The Morgan fingerprint density at radius 2 is 1.79 bits per heavy atom. The molecule has 0 bridgehead atoms. The lowest BCUT2D eigenvalue weighted by Gasteiger charge is -2.59. The van der Waals surface area contributed by atoms with E-state index in [-0.39, 0.29) is 0 Å². The van der Waals surface area contributed by atoms with Crippen molar-refractivity contribution in [1.82, 2.24) is 10.4 Å². The largest absolute Gasteiger partial charge is 0.277 e. The first-order valence-corrected chi connectivity index (χ1v) is 14.8. The summed E-state index contributed by atoms with van der Waals surface area (Å²) in [5.41, 5.74) is 5.96. The van der Waals surface area contributed by atoms with Crippen LogP contribution in [0.4, 0.5) is 0 Å². The van der Waals surface area contributed by atoms with Crippen molar-refractivity contribution in [3.05, 3.63) is 11.6 Å². The molecule has 0 aromatic rings. The lowest BCUT2D eigenvalue weighted by Crippen LogP contribution is -2.54. The minimum atomic E-state index is 0.294. The van der Waals surface area contributed by atoms with Crippen molar-refractivity contribution < 1.29 is 4.79 Å². The zero-order valence-corrected chi connectivity index (χ0v) is 23.4. The number of nitrogens with one attached hydrogen (secondary N) is 1. The third-order valence-corrected chi connectivity index (χ3v) is 11.2. The lowest BCUT2D eigenvalue weighted by molar-refractivity contribution is -0.125. The van der Waals surface area contributed by atoms with Crippen LogP contribution in [0.15, 0.2) is 11.6 Å². The van der Waals surface area contributed by atoms with Crippen LogP contribution in [0.2, 0.25) is 0 Å². The van der Waals surface area contributed by atoms with Crippen LogP contribution < -0.4 is 5.43 Å². The smallest absolute Gasteiger partial charge is 0.224 e. The first-order valence-electron chi connectivity index (χ1n) is 14.8. The Kier molecular flexibility index (Phi) is 7.92. The van der Waals surface area contributed by atoms with Gasteiger partial charge in [-0.05, 0) is 112 Å². The fraction of sp³-hybridized carbons (Fsp3) is 0.903. The molecule has 34 heavy (non-hydrogen) atoms. The summed E-state index contributed by atoms with van der Waals surface area (Å²) in [6, 6.07) is 0.606. The van der Waals surface area contributed by atoms with Crippen LogP contribution in [0.5, 0.6) is 0 Å². The molecule has 3 nitrogen and oxygen atoms in total. The van der Waals surface area contributed by atoms with Crippen molar-refractivity contribution in [3.8, 4) is 0 Å². The predicted octanol–water partition coefficient (Wildman–Crippen LogP) is 7.77. The highest BCUT2D eigenvalue weighted by Gasteiger charge is 2.59. The molecule has 3 fully saturated rings. The molecule has 194 valence electrons. The molecule has 4 aliphatic rings. The summed E-state index contributed by atoms with van der Waals surface area (Å²) in [4.78, 5) is 11.8. The number of allylic oxidation sites excluding steroid dienone is 1. The van der Waals surface area contributed by atoms with Gasteiger partial charge in [-0.25, -0.2) is 5.43 Å². The zero-order chi connectivity index (χ0) is 24.7. The van der Waals surface area contributed by atoms with E-state index in [9.17, 15) is 4.79 Å². The number of carbonyl (C=O) groups excluding carboxylic acids is 1. The van der Waals surface area contributed by atoms with Crippen LogP contribution in [-0.2, 0) is 4.79 Å². The fourth-order valence-electron chi connectivity index (χ4n) is 9.42. The van der Waals surface area contributed by atoms with Gasteiger partial charge in [-0.2, -0.15) is 0 Å². The van der Waals surface area contributed by atoms with Gasteiger partial charge in [0.2, 0.25) is 6.41 Å². The minimum Gasteiger partial charge on any atom is -0.277 e. The number of amides is 1. The Morgan fingerprint density at radius 3 is 2.47 bits per heavy atom. The normalized spacial score (nSPS) is 40.4. The van der Waals surface area contributed by atoms with E-state index < -0.39 is 0 Å². The van der Waals surface area contributed by atoms with Crippen molar-refractivity contribution in [2.45, 2.75) is 131 Å². The molecular formula is C31H54N2O. The molecule has 1 N–H and O–H groups in total. The van der Waals surface area contributed by atoms with Crippen molar-refractivity contribution >= 4 is 6.41 Å². The summed E-state index contributed by atoms with van der Waals surface area (Å²) >= 11 is 0. The quantitative estimate of drug-likeness (QED) is 0.212. The predicted molar refractivity (Wildman–Crippen MR) is 143 cm³/mol. The molecule has 0 aromatic heterocycles. The van der Waals surface area contributed by atoms with Gasteiger partial charge < -0.3 is 0 Å². The molecule has 0 aliphatic heterocycles. The molecule has 4 unspecified atom stereocenters. The van der Waals surface area contributed by atoms with Gasteiger partial charge >= 0.3 is 0 Å². The van der Waals surface area contributed by atoms with Gasteiger partial charge in [0, 0.05) is 6.04 Å². The second kappa shape index (κ2) is 10.3. The highest BCUT2D eigenvalue weighted by atomic mass is 16.1. The maximum absolute atomic E-state index is 11.8. The third kappa shape index (κ3) is 4.76. The van der Waals surface area contributed by atoms with Gasteiger partial charge in [-0.3, -0.25) is 9.80 Å². The van der Waals surface area contributed by atoms with E-state index in [1.165, 1.54) is 57.8 Å². The third-order valence-electron chi connectivity index (χ3n) is 11.2. The lowest BCUT2D eigenvalue weighted by atomic mass is 9.47.